The van der Waals surface area contributed by atoms with E-state index < -0.39 is 22.0 Å². The summed E-state index contributed by atoms with van der Waals surface area (Å²) < 4.78 is 31.7. The molecule has 6 nitrogen and oxygen atoms in total. The lowest BCUT2D eigenvalue weighted by molar-refractivity contribution is -0.117. The summed E-state index contributed by atoms with van der Waals surface area (Å²) in [6, 6.07) is 9.42. The van der Waals surface area contributed by atoms with Gasteiger partial charge in [0.15, 0.2) is 0 Å². The Labute approximate surface area is 171 Å². The highest BCUT2D eigenvalue weighted by atomic mass is 35.5. The van der Waals surface area contributed by atoms with Crippen LogP contribution in [-0.4, -0.2) is 33.7 Å². The Bertz CT molecular complexity index is 976. The van der Waals surface area contributed by atoms with E-state index in [-0.39, 0.29) is 6.42 Å². The molecule has 0 bridgehead atoms. The number of aryl methyl sites for hydroxylation is 2. The number of halogens is 1. The van der Waals surface area contributed by atoms with Crippen LogP contribution in [0.4, 0.5) is 11.4 Å². The number of anilines is 2. The van der Waals surface area contributed by atoms with Crippen LogP contribution in [0.1, 0.15) is 24.5 Å². The summed E-state index contributed by atoms with van der Waals surface area (Å²) in [6.45, 7) is 5.46. The summed E-state index contributed by atoms with van der Waals surface area (Å²) >= 11 is 6.03. The molecule has 1 N–H and O–H groups in total. The standard InChI is InChI=1S/C20H25ClN2O4S/c1-6-17(20(24)22-16-12-15(21)9-10-19(16)27-4)23(28(5,25)26)18-11-13(2)7-8-14(18)3/h7-12,17H,6H2,1-5H3,(H,22,24)/t17-/m0/s1. The summed E-state index contributed by atoms with van der Waals surface area (Å²) in [5, 5.41) is 3.18. The van der Waals surface area contributed by atoms with Gasteiger partial charge in [-0.05, 0) is 55.7 Å². The number of nitrogens with zero attached hydrogens (tertiary/aromatic N) is 1. The number of carbonyl (C=O) groups is 1. The molecule has 0 aliphatic rings. The minimum atomic E-state index is -3.71. The number of carbonyl (C=O) groups excluding carboxylic acids is 1. The Morgan fingerprint density at radius 2 is 1.89 bits per heavy atom. The average Bonchev–Trinajstić information content (AvgIpc) is 2.61. The third kappa shape index (κ3) is 4.97. The molecule has 0 unspecified atom stereocenters. The maximum atomic E-state index is 13.1. The van der Waals surface area contributed by atoms with Gasteiger partial charge in [-0.25, -0.2) is 8.42 Å². The third-order valence-corrected chi connectivity index (χ3v) is 5.75. The van der Waals surface area contributed by atoms with Gasteiger partial charge in [-0.1, -0.05) is 30.7 Å². The van der Waals surface area contributed by atoms with Gasteiger partial charge in [0.2, 0.25) is 15.9 Å². The SMILES string of the molecule is CC[C@@H](C(=O)Nc1cc(Cl)ccc1OC)N(c1cc(C)ccc1C)S(C)(=O)=O. The smallest absolute Gasteiger partial charge is 0.248 e. The lowest BCUT2D eigenvalue weighted by atomic mass is 10.1. The molecule has 0 saturated heterocycles. The molecule has 0 aliphatic carbocycles. The van der Waals surface area contributed by atoms with Crippen LogP contribution in [0.25, 0.3) is 0 Å². The molecule has 2 rings (SSSR count). The van der Waals surface area contributed by atoms with E-state index >= 15 is 0 Å². The normalized spacial score (nSPS) is 12.4. The zero-order chi connectivity index (χ0) is 21.1. The average molecular weight is 425 g/mol. The second-order valence-electron chi connectivity index (χ2n) is 6.61. The maximum absolute atomic E-state index is 13.1. The summed E-state index contributed by atoms with van der Waals surface area (Å²) in [6.07, 6.45) is 1.39. The molecule has 0 heterocycles. The van der Waals surface area contributed by atoms with Gasteiger partial charge in [0.05, 0.1) is 24.7 Å². The highest BCUT2D eigenvalue weighted by Gasteiger charge is 2.32. The summed E-state index contributed by atoms with van der Waals surface area (Å²) in [4.78, 5) is 13.1. The van der Waals surface area contributed by atoms with Crippen molar-refractivity contribution in [1.82, 2.24) is 0 Å². The Balaban J connectivity index is 2.48. The summed E-state index contributed by atoms with van der Waals surface area (Å²) in [5.74, 6) is -0.0281. The van der Waals surface area contributed by atoms with E-state index in [0.29, 0.717) is 22.1 Å². The van der Waals surface area contributed by atoms with Crippen LogP contribution >= 0.6 is 11.6 Å². The Morgan fingerprint density at radius 1 is 1.21 bits per heavy atom. The van der Waals surface area contributed by atoms with E-state index in [9.17, 15) is 13.2 Å². The van der Waals surface area contributed by atoms with Gasteiger partial charge < -0.3 is 10.1 Å². The van der Waals surface area contributed by atoms with Gasteiger partial charge >= 0.3 is 0 Å². The number of hydrogen-bond donors (Lipinski definition) is 1. The minimum absolute atomic E-state index is 0.287. The first kappa shape index (κ1) is 22.0. The number of ether oxygens (including phenoxy) is 1. The number of nitrogens with one attached hydrogen (secondary N) is 1. The van der Waals surface area contributed by atoms with Crippen molar-refractivity contribution in [3.8, 4) is 5.75 Å². The molecule has 8 heteroatoms. The van der Waals surface area contributed by atoms with E-state index in [1.54, 1.807) is 31.2 Å². The van der Waals surface area contributed by atoms with Crippen LogP contribution < -0.4 is 14.4 Å². The molecule has 0 radical (unpaired) electrons. The fraction of sp³-hybridized carbons (Fsp3) is 0.350. The van der Waals surface area contributed by atoms with Crippen LogP contribution in [0.15, 0.2) is 36.4 Å². The van der Waals surface area contributed by atoms with Crippen molar-refractivity contribution in [3.63, 3.8) is 0 Å². The first-order valence-electron chi connectivity index (χ1n) is 8.79. The first-order chi connectivity index (χ1) is 13.1. The number of rotatable bonds is 7. The van der Waals surface area contributed by atoms with Crippen molar-refractivity contribution in [2.45, 2.75) is 33.2 Å². The molecule has 2 aromatic rings. The topological polar surface area (TPSA) is 75.7 Å². The Morgan fingerprint density at radius 3 is 2.46 bits per heavy atom. The van der Waals surface area contributed by atoms with Crippen molar-refractivity contribution in [2.75, 3.05) is 23.0 Å². The van der Waals surface area contributed by atoms with Gasteiger partial charge in [0.25, 0.3) is 0 Å². The molecule has 0 fully saturated rings. The molecular weight excluding hydrogens is 400 g/mol. The molecule has 0 saturated carbocycles. The van der Waals surface area contributed by atoms with E-state index in [1.165, 1.54) is 11.4 Å². The van der Waals surface area contributed by atoms with Gasteiger partial charge in [-0.15, -0.1) is 0 Å². The molecular formula is C20H25ClN2O4S. The maximum Gasteiger partial charge on any atom is 0.248 e. The number of sulfonamides is 1. The summed E-state index contributed by atoms with van der Waals surface area (Å²) in [7, 11) is -2.23. The lowest BCUT2D eigenvalue weighted by Crippen LogP contribution is -2.47. The zero-order valence-electron chi connectivity index (χ0n) is 16.6. The largest absolute Gasteiger partial charge is 0.495 e. The minimum Gasteiger partial charge on any atom is -0.495 e. The number of hydrogen-bond acceptors (Lipinski definition) is 4. The van der Waals surface area contributed by atoms with Gasteiger partial charge in [0, 0.05) is 5.02 Å². The highest BCUT2D eigenvalue weighted by molar-refractivity contribution is 7.92. The van der Waals surface area contributed by atoms with E-state index in [2.05, 4.69) is 5.32 Å². The number of benzene rings is 2. The molecule has 1 atom stereocenters. The highest BCUT2D eigenvalue weighted by Crippen LogP contribution is 2.30. The molecule has 1 amide bonds. The predicted molar refractivity (Wildman–Crippen MR) is 114 cm³/mol. The van der Waals surface area contributed by atoms with Crippen LogP contribution in [0.2, 0.25) is 5.02 Å². The Hall–Kier alpha value is -2.25. The number of amides is 1. The van der Waals surface area contributed by atoms with Crippen molar-refractivity contribution < 1.29 is 17.9 Å². The summed E-state index contributed by atoms with van der Waals surface area (Å²) in [5.41, 5.74) is 2.54. The van der Waals surface area contributed by atoms with Crippen LogP contribution in [0, 0.1) is 13.8 Å². The quantitative estimate of drug-likeness (QED) is 0.724. The first-order valence-corrected chi connectivity index (χ1v) is 11.0. The van der Waals surface area contributed by atoms with Gasteiger partial charge in [-0.3, -0.25) is 9.10 Å². The van der Waals surface area contributed by atoms with Gasteiger partial charge in [0.1, 0.15) is 11.8 Å². The Kier molecular flexibility index (Phi) is 6.96. The molecule has 0 spiro atoms. The predicted octanol–water partition coefficient (Wildman–Crippen LogP) is 4.15. The van der Waals surface area contributed by atoms with Crippen molar-refractivity contribution in [1.29, 1.82) is 0 Å². The zero-order valence-corrected chi connectivity index (χ0v) is 18.2. The fourth-order valence-corrected chi connectivity index (χ4v) is 4.42. The second kappa shape index (κ2) is 8.84. The molecule has 152 valence electrons. The molecule has 0 aliphatic heterocycles. The second-order valence-corrected chi connectivity index (χ2v) is 8.90. The number of methoxy groups -OCH3 is 1. The fourth-order valence-electron chi connectivity index (χ4n) is 2.99. The van der Waals surface area contributed by atoms with E-state index in [0.717, 1.165) is 17.4 Å². The third-order valence-electron chi connectivity index (χ3n) is 4.35. The van der Waals surface area contributed by atoms with Gasteiger partial charge in [-0.2, -0.15) is 0 Å². The van der Waals surface area contributed by atoms with Crippen molar-refractivity contribution in [3.05, 3.63) is 52.5 Å². The van der Waals surface area contributed by atoms with Crippen LogP contribution in [-0.2, 0) is 14.8 Å². The van der Waals surface area contributed by atoms with Crippen molar-refractivity contribution >= 4 is 38.9 Å². The van der Waals surface area contributed by atoms with Crippen molar-refractivity contribution in [2.24, 2.45) is 0 Å². The monoisotopic (exact) mass is 424 g/mol. The van der Waals surface area contributed by atoms with Crippen LogP contribution in [0.5, 0.6) is 5.75 Å². The molecule has 0 aromatic heterocycles. The van der Waals surface area contributed by atoms with E-state index in [1.807, 2.05) is 26.0 Å². The van der Waals surface area contributed by atoms with E-state index in [4.69, 9.17) is 16.3 Å². The van der Waals surface area contributed by atoms with Crippen LogP contribution in [0.3, 0.4) is 0 Å². The lowest BCUT2D eigenvalue weighted by Gasteiger charge is -2.31. The molecule has 2 aromatic carbocycles. The molecule has 28 heavy (non-hydrogen) atoms.